The predicted molar refractivity (Wildman–Crippen MR) is 131 cm³/mol. The molecule has 0 saturated carbocycles. The van der Waals surface area contributed by atoms with Crippen molar-refractivity contribution in [1.29, 1.82) is 0 Å². The molecule has 0 aromatic heterocycles. The van der Waals surface area contributed by atoms with E-state index >= 15 is 0 Å². The van der Waals surface area contributed by atoms with E-state index in [9.17, 15) is 17.7 Å². The Morgan fingerprint density at radius 3 is 1.21 bits per heavy atom. The molecule has 0 unspecified atom stereocenters. The molecule has 0 spiro atoms. The van der Waals surface area contributed by atoms with Crippen LogP contribution in [-0.2, 0) is 20.8 Å². The topological polar surface area (TPSA) is 0 Å². The Morgan fingerprint density at radius 2 is 0.909 bits per heavy atom. The van der Waals surface area contributed by atoms with Gasteiger partial charge in [-0.1, -0.05) is 74.7 Å². The van der Waals surface area contributed by atoms with Gasteiger partial charge >= 0.3 is 26.9 Å². The van der Waals surface area contributed by atoms with Crippen molar-refractivity contribution >= 4 is 32.8 Å². The third kappa shape index (κ3) is 10.9. The summed E-state index contributed by atoms with van der Waals surface area (Å²) in [6.45, 7) is 11.9. The molecule has 187 valence electrons. The minimum atomic E-state index is -5.05. The van der Waals surface area contributed by atoms with E-state index in [1.807, 2.05) is 21.6 Å². The molecule has 0 fully saturated rings. The van der Waals surface area contributed by atoms with Crippen LogP contribution in [-0.4, -0.2) is 0 Å². The van der Waals surface area contributed by atoms with Crippen molar-refractivity contribution in [3.63, 3.8) is 0 Å². The molecule has 0 atom stereocenters. The molecule has 33 heavy (non-hydrogen) atoms. The summed E-state index contributed by atoms with van der Waals surface area (Å²) in [4.78, 5) is 2.24. The van der Waals surface area contributed by atoms with Gasteiger partial charge in [-0.15, -0.1) is 11.7 Å². The van der Waals surface area contributed by atoms with E-state index in [2.05, 4.69) is 64.1 Å². The van der Waals surface area contributed by atoms with Crippen LogP contribution < -0.4 is 0 Å². The summed E-state index contributed by atoms with van der Waals surface area (Å²) in [5.41, 5.74) is 6.55. The van der Waals surface area contributed by atoms with Crippen LogP contribution >= 0.6 is 32.8 Å². The second-order valence-corrected chi connectivity index (χ2v) is 11.1. The van der Waals surface area contributed by atoms with Crippen molar-refractivity contribution in [2.45, 2.75) is 56.2 Å². The van der Waals surface area contributed by atoms with Gasteiger partial charge in [0.2, 0.25) is 11.2 Å². The van der Waals surface area contributed by atoms with Gasteiger partial charge in [-0.3, -0.25) is 0 Å². The molecule has 0 nitrogen and oxygen atoms in total. The van der Waals surface area contributed by atoms with Gasteiger partial charge in [-0.25, -0.2) is 0 Å². The Kier molecular flexibility index (Phi) is 13.2. The molecule has 3 aromatic rings. The summed E-state index contributed by atoms with van der Waals surface area (Å²) in [6, 6.07) is 17.5. The summed E-state index contributed by atoms with van der Waals surface area (Å²) in [5, 5.41) is 0. The van der Waals surface area contributed by atoms with Crippen molar-refractivity contribution in [2.75, 3.05) is 0 Å². The van der Waals surface area contributed by atoms with Crippen molar-refractivity contribution in [1.82, 2.24) is 0 Å². The maximum absolute atomic E-state index is 12.3. The average molecular weight is 615 g/mol. The van der Waals surface area contributed by atoms with E-state index in [0.717, 1.165) is 11.6 Å². The molecule has 0 aliphatic rings. The molecule has 0 aliphatic carbocycles. The van der Waals surface area contributed by atoms with Gasteiger partial charge < -0.3 is 0 Å². The third-order valence-electron chi connectivity index (χ3n) is 4.46. The quantitative estimate of drug-likeness (QED) is 0.163. The van der Waals surface area contributed by atoms with E-state index in [-0.39, 0.29) is 0 Å². The fourth-order valence-electron chi connectivity index (χ4n) is 2.93. The summed E-state index contributed by atoms with van der Waals surface area (Å²) in [5.74, 6) is 0. The van der Waals surface area contributed by atoms with Crippen molar-refractivity contribution in [3.05, 3.63) is 88.0 Å². The first-order valence-electron chi connectivity index (χ1n) is 9.68. The van der Waals surface area contributed by atoms with Gasteiger partial charge in [0.15, 0.2) is 0 Å². The summed E-state index contributed by atoms with van der Waals surface area (Å²) >= 11 is -6.98. The molecule has 0 amide bonds. The van der Waals surface area contributed by atoms with Gasteiger partial charge in [-0.2, -0.15) is 0 Å². The molecular formula is C24H27AgF5S3. The number of halogens is 5. The molecular weight excluding hydrogens is 587 g/mol. The Hall–Kier alpha value is -0.900. The van der Waals surface area contributed by atoms with Crippen molar-refractivity contribution < 1.29 is 38.6 Å². The number of aryl methyl sites for hydroxylation is 6. The first kappa shape index (κ1) is 30.1. The van der Waals surface area contributed by atoms with Crippen LogP contribution in [0.3, 0.4) is 0 Å². The van der Waals surface area contributed by atoms with E-state index in [4.69, 9.17) is 0 Å². The molecule has 0 saturated heterocycles. The Labute approximate surface area is 214 Å². The summed E-state index contributed by atoms with van der Waals surface area (Å²) in [6.07, 6.45) is 0. The van der Waals surface area contributed by atoms with Gasteiger partial charge in [0.1, 0.15) is 0 Å². The molecule has 0 heterocycles. The van der Waals surface area contributed by atoms with E-state index in [0.29, 0.717) is 5.56 Å². The fraction of sp³-hybridized carbons (Fsp3) is 0.250. The zero-order valence-corrected chi connectivity index (χ0v) is 23.0. The summed E-state index contributed by atoms with van der Waals surface area (Å²) < 4.78 is 56.1. The minimum absolute atomic E-state index is 0.317. The molecule has 0 radical (unpaired) electrons. The average Bonchev–Trinajstić information content (AvgIpc) is 2.68. The molecule has 3 rings (SSSR count). The first-order chi connectivity index (χ1) is 15.4. The molecule has 9 heteroatoms. The number of hydrogen-bond donors (Lipinski definition) is 0. The second kappa shape index (κ2) is 14.5. The van der Waals surface area contributed by atoms with Crippen LogP contribution in [0.1, 0.15) is 33.4 Å². The van der Waals surface area contributed by atoms with Crippen LogP contribution in [0, 0.1) is 41.5 Å². The SMILES string of the molecule is Cc1ccc(S(F)(F)F)c(C)c1.Cc1ccc(SSc2ccc(C)cc2C)c(C)c1.[F][Ag][F]. The van der Waals surface area contributed by atoms with Gasteiger partial charge in [0.05, 0.1) is 4.90 Å². The summed E-state index contributed by atoms with van der Waals surface area (Å²) in [7, 11) is 3.69. The zero-order chi connectivity index (χ0) is 25.2. The van der Waals surface area contributed by atoms with Crippen LogP contribution in [0.5, 0.6) is 0 Å². The van der Waals surface area contributed by atoms with Gasteiger partial charge in [-0.05, 0) is 76.4 Å². The number of rotatable bonds is 4. The Bertz CT molecular complexity index is 988. The van der Waals surface area contributed by atoms with E-state index in [1.165, 1.54) is 45.0 Å². The normalized spacial score (nSPS) is 11.2. The zero-order valence-electron chi connectivity index (χ0n) is 19.1. The Balaban J connectivity index is 0.000000314. The fourth-order valence-corrected chi connectivity index (χ4v) is 6.05. The van der Waals surface area contributed by atoms with E-state index < -0.39 is 36.9 Å². The van der Waals surface area contributed by atoms with Crippen LogP contribution in [0.25, 0.3) is 0 Å². The number of benzene rings is 3. The number of hydrogen-bond acceptors (Lipinski definition) is 2. The monoisotopic (exact) mass is 613 g/mol. The second-order valence-electron chi connectivity index (χ2n) is 7.42. The molecule has 0 aliphatic heterocycles. The standard InChI is InChI=1S/C16H18S2.C8H9F3S.Ag.2FH/c1-11-5-7-15(13(3)9-11)17-18-16-8-6-12(2)10-14(16)4;1-6-3-4-8(7(2)5-6)12(9,10)11;;;/h5-10H,1-4H3;3-5H,1-2H3;;2*1H/q;;+2;;/p-2. The van der Waals surface area contributed by atoms with Crippen LogP contribution in [0.4, 0.5) is 17.7 Å². The molecule has 3 aromatic carbocycles. The Morgan fingerprint density at radius 1 is 0.576 bits per heavy atom. The molecule has 0 bridgehead atoms. The van der Waals surface area contributed by atoms with Gasteiger partial charge in [0, 0.05) is 9.79 Å². The van der Waals surface area contributed by atoms with Crippen LogP contribution in [0.2, 0.25) is 0 Å². The maximum atomic E-state index is 12.3. The first-order valence-corrected chi connectivity index (χ1v) is 14.3. The van der Waals surface area contributed by atoms with Crippen molar-refractivity contribution in [3.8, 4) is 0 Å². The predicted octanol–water partition coefficient (Wildman–Crippen LogP) is 10.7. The third-order valence-corrected chi connectivity index (χ3v) is 8.10. The van der Waals surface area contributed by atoms with Crippen molar-refractivity contribution in [2.24, 2.45) is 0 Å². The van der Waals surface area contributed by atoms with E-state index in [1.54, 1.807) is 13.0 Å². The molecule has 0 N–H and O–H groups in total. The van der Waals surface area contributed by atoms with Crippen LogP contribution in [0.15, 0.2) is 69.3 Å². The van der Waals surface area contributed by atoms with Gasteiger partial charge in [0.25, 0.3) is 0 Å².